The maximum Gasteiger partial charge on any atom is 0.254 e. The molecule has 0 spiro atoms. The lowest BCUT2D eigenvalue weighted by atomic mass is 10.2. The Morgan fingerprint density at radius 2 is 1.74 bits per heavy atom. The largest absolute Gasteiger partial charge is 0.383 e. The third-order valence-corrected chi connectivity index (χ3v) is 6.97. The fourth-order valence-electron chi connectivity index (χ4n) is 3.12. The van der Waals surface area contributed by atoms with Crippen molar-refractivity contribution < 1.29 is 27.5 Å². The van der Waals surface area contributed by atoms with Crippen molar-refractivity contribution in [2.75, 3.05) is 67.1 Å². The summed E-state index contributed by atoms with van der Waals surface area (Å²) >= 11 is 0. The SMILES string of the molecule is COCCN(CC(=O)N(C)C)C(=O)c1cccc(S(=O)(=O)N2CCN(C(C)=O)CC2)c1. The summed E-state index contributed by atoms with van der Waals surface area (Å²) in [4.78, 5) is 41.0. The molecular weight excluding hydrogens is 424 g/mol. The molecule has 1 heterocycles. The van der Waals surface area contributed by atoms with Crippen molar-refractivity contribution in [1.29, 1.82) is 0 Å². The molecule has 172 valence electrons. The van der Waals surface area contributed by atoms with Crippen LogP contribution in [0.2, 0.25) is 0 Å². The van der Waals surface area contributed by atoms with Crippen LogP contribution in [0.3, 0.4) is 0 Å². The number of rotatable bonds is 8. The monoisotopic (exact) mass is 454 g/mol. The second-order valence-corrected chi connectivity index (χ2v) is 9.38. The zero-order valence-corrected chi connectivity index (χ0v) is 19.2. The second kappa shape index (κ2) is 10.7. The molecule has 1 aromatic rings. The molecule has 11 heteroatoms. The molecule has 1 saturated heterocycles. The van der Waals surface area contributed by atoms with Gasteiger partial charge in [0.1, 0.15) is 6.54 Å². The fraction of sp³-hybridized carbons (Fsp3) is 0.550. The smallest absolute Gasteiger partial charge is 0.254 e. The van der Waals surface area contributed by atoms with E-state index in [9.17, 15) is 22.8 Å². The Labute approximate surface area is 183 Å². The topological polar surface area (TPSA) is 108 Å². The van der Waals surface area contributed by atoms with Crippen LogP contribution in [0.15, 0.2) is 29.2 Å². The number of amides is 3. The summed E-state index contributed by atoms with van der Waals surface area (Å²) in [5.41, 5.74) is 0.172. The van der Waals surface area contributed by atoms with Crippen LogP contribution < -0.4 is 0 Å². The summed E-state index contributed by atoms with van der Waals surface area (Å²) in [6, 6.07) is 5.80. The molecule has 0 aromatic heterocycles. The first-order valence-electron chi connectivity index (χ1n) is 9.92. The number of hydrogen-bond acceptors (Lipinski definition) is 6. The van der Waals surface area contributed by atoms with Gasteiger partial charge < -0.3 is 19.4 Å². The number of carbonyl (C=O) groups is 3. The van der Waals surface area contributed by atoms with E-state index in [-0.39, 0.29) is 55.1 Å². The van der Waals surface area contributed by atoms with Crippen LogP contribution in [0.1, 0.15) is 17.3 Å². The van der Waals surface area contributed by atoms with Gasteiger partial charge in [-0.3, -0.25) is 14.4 Å². The van der Waals surface area contributed by atoms with Crippen LogP contribution >= 0.6 is 0 Å². The number of carbonyl (C=O) groups excluding carboxylic acids is 3. The minimum atomic E-state index is -3.82. The van der Waals surface area contributed by atoms with E-state index >= 15 is 0 Å². The molecule has 31 heavy (non-hydrogen) atoms. The number of hydrogen-bond donors (Lipinski definition) is 0. The zero-order chi connectivity index (χ0) is 23.2. The quantitative estimate of drug-likeness (QED) is 0.535. The summed E-state index contributed by atoms with van der Waals surface area (Å²) in [6.07, 6.45) is 0. The van der Waals surface area contributed by atoms with Gasteiger partial charge in [0.25, 0.3) is 5.91 Å². The van der Waals surface area contributed by atoms with Crippen LogP contribution in [0.4, 0.5) is 0 Å². The van der Waals surface area contributed by atoms with Gasteiger partial charge in [0, 0.05) is 66.4 Å². The van der Waals surface area contributed by atoms with Crippen molar-refractivity contribution in [3.05, 3.63) is 29.8 Å². The first-order chi connectivity index (χ1) is 14.6. The Morgan fingerprint density at radius 1 is 1.10 bits per heavy atom. The highest BCUT2D eigenvalue weighted by Crippen LogP contribution is 2.20. The van der Waals surface area contributed by atoms with E-state index in [4.69, 9.17) is 4.74 Å². The van der Waals surface area contributed by atoms with E-state index in [1.165, 1.54) is 52.4 Å². The number of sulfonamides is 1. The number of ether oxygens (including phenoxy) is 1. The van der Waals surface area contributed by atoms with Gasteiger partial charge in [-0.15, -0.1) is 0 Å². The van der Waals surface area contributed by atoms with Crippen molar-refractivity contribution in [3.63, 3.8) is 0 Å². The minimum Gasteiger partial charge on any atom is -0.383 e. The highest BCUT2D eigenvalue weighted by molar-refractivity contribution is 7.89. The molecule has 0 N–H and O–H groups in total. The van der Waals surface area contributed by atoms with Crippen LogP contribution in [0.25, 0.3) is 0 Å². The van der Waals surface area contributed by atoms with Gasteiger partial charge >= 0.3 is 0 Å². The Balaban J connectivity index is 2.23. The predicted octanol–water partition coefficient (Wildman–Crippen LogP) is -0.284. The van der Waals surface area contributed by atoms with Crippen LogP contribution in [-0.4, -0.2) is 112 Å². The van der Waals surface area contributed by atoms with Crippen molar-refractivity contribution in [2.24, 2.45) is 0 Å². The number of benzene rings is 1. The highest BCUT2D eigenvalue weighted by atomic mass is 32.2. The summed E-state index contributed by atoms with van der Waals surface area (Å²) < 4.78 is 32.5. The highest BCUT2D eigenvalue weighted by Gasteiger charge is 2.30. The van der Waals surface area contributed by atoms with E-state index in [2.05, 4.69) is 0 Å². The number of nitrogens with zero attached hydrogens (tertiary/aromatic N) is 4. The van der Waals surface area contributed by atoms with Crippen LogP contribution in [0, 0.1) is 0 Å². The van der Waals surface area contributed by atoms with Gasteiger partial charge in [-0.25, -0.2) is 8.42 Å². The Bertz CT molecular complexity index is 910. The lowest BCUT2D eigenvalue weighted by molar-refractivity contribution is -0.130. The molecule has 10 nitrogen and oxygen atoms in total. The molecule has 3 amide bonds. The van der Waals surface area contributed by atoms with E-state index in [0.29, 0.717) is 13.1 Å². The van der Waals surface area contributed by atoms with Crippen molar-refractivity contribution >= 4 is 27.7 Å². The lowest BCUT2D eigenvalue weighted by Gasteiger charge is -2.33. The molecular formula is C20H30N4O6S. The molecule has 1 aromatic carbocycles. The normalized spacial score (nSPS) is 14.9. The Morgan fingerprint density at radius 3 is 2.29 bits per heavy atom. The third-order valence-electron chi connectivity index (χ3n) is 5.08. The zero-order valence-electron chi connectivity index (χ0n) is 18.4. The average molecular weight is 455 g/mol. The minimum absolute atomic E-state index is 0.000234. The van der Waals surface area contributed by atoms with Crippen LogP contribution in [-0.2, 0) is 24.3 Å². The molecule has 0 radical (unpaired) electrons. The average Bonchev–Trinajstić information content (AvgIpc) is 2.76. The van der Waals surface area contributed by atoms with Gasteiger partial charge in [-0.05, 0) is 18.2 Å². The molecule has 0 unspecified atom stereocenters. The van der Waals surface area contributed by atoms with E-state index in [0.717, 1.165) is 0 Å². The maximum absolute atomic E-state index is 13.1. The van der Waals surface area contributed by atoms with E-state index in [1.54, 1.807) is 19.0 Å². The molecule has 0 bridgehead atoms. The standard InChI is InChI=1S/C20H30N4O6S/c1-16(25)22-8-10-24(11-9-22)31(28,29)18-7-5-6-17(14-18)20(27)23(12-13-30-4)15-19(26)21(2)3/h5-7,14H,8-13,15H2,1-4H3. The summed E-state index contributed by atoms with van der Waals surface area (Å²) in [7, 11) is 0.869. The van der Waals surface area contributed by atoms with Gasteiger partial charge in [0.05, 0.1) is 11.5 Å². The van der Waals surface area contributed by atoms with Crippen molar-refractivity contribution in [2.45, 2.75) is 11.8 Å². The molecule has 0 saturated carbocycles. The number of likely N-dealkylation sites (N-methyl/N-ethyl adjacent to an activating group) is 1. The second-order valence-electron chi connectivity index (χ2n) is 7.45. The van der Waals surface area contributed by atoms with Crippen molar-refractivity contribution in [1.82, 2.24) is 19.0 Å². The molecule has 0 aliphatic carbocycles. The molecule has 1 fully saturated rings. The molecule has 2 rings (SSSR count). The van der Waals surface area contributed by atoms with E-state index in [1.807, 2.05) is 0 Å². The molecule has 1 aliphatic rings. The predicted molar refractivity (Wildman–Crippen MR) is 114 cm³/mol. The van der Waals surface area contributed by atoms with Gasteiger partial charge in [0.2, 0.25) is 21.8 Å². The number of piperazine rings is 1. The fourth-order valence-corrected chi connectivity index (χ4v) is 4.59. The van der Waals surface area contributed by atoms with Crippen LogP contribution in [0.5, 0.6) is 0 Å². The lowest BCUT2D eigenvalue weighted by Crippen LogP contribution is -2.49. The summed E-state index contributed by atoms with van der Waals surface area (Å²) in [5.74, 6) is -0.796. The summed E-state index contributed by atoms with van der Waals surface area (Å²) in [5, 5.41) is 0. The van der Waals surface area contributed by atoms with Gasteiger partial charge in [-0.2, -0.15) is 4.31 Å². The first kappa shape index (κ1) is 24.8. The Kier molecular flexibility index (Phi) is 8.54. The summed E-state index contributed by atoms with van der Waals surface area (Å²) in [6.45, 7) is 2.78. The third kappa shape index (κ3) is 6.25. The van der Waals surface area contributed by atoms with Gasteiger partial charge in [0.15, 0.2) is 0 Å². The molecule has 1 aliphatic heterocycles. The van der Waals surface area contributed by atoms with Gasteiger partial charge in [-0.1, -0.05) is 6.07 Å². The maximum atomic E-state index is 13.1. The number of methoxy groups -OCH3 is 1. The first-order valence-corrected chi connectivity index (χ1v) is 11.4. The van der Waals surface area contributed by atoms with E-state index < -0.39 is 15.9 Å². The van der Waals surface area contributed by atoms with Crippen molar-refractivity contribution in [3.8, 4) is 0 Å². The Hall–Kier alpha value is -2.50. The molecule has 0 atom stereocenters.